The zero-order chi connectivity index (χ0) is 46.0. The number of benzene rings is 2. The Balaban J connectivity index is 0.000000191. The second-order valence-electron chi connectivity index (χ2n) is 14.5. The quantitative estimate of drug-likeness (QED) is 0.0850. The van der Waals surface area contributed by atoms with E-state index in [4.69, 9.17) is 24.6 Å². The lowest BCUT2D eigenvalue weighted by Crippen LogP contribution is -2.23. The predicted octanol–water partition coefficient (Wildman–Crippen LogP) is 9.30. The number of anilines is 4. The Kier molecular flexibility index (Phi) is 12.1. The molecule has 6 N–H and O–H groups in total. The van der Waals surface area contributed by atoms with Gasteiger partial charge < -0.3 is 22.1 Å². The van der Waals surface area contributed by atoms with Gasteiger partial charge in [-0.25, -0.2) is 47.2 Å². The van der Waals surface area contributed by atoms with E-state index in [0.717, 1.165) is 0 Å². The summed E-state index contributed by atoms with van der Waals surface area (Å²) < 4.78 is 59.0. The number of nitrogens with one attached hydrogen (secondary N) is 2. The van der Waals surface area contributed by atoms with Gasteiger partial charge in [-0.2, -0.15) is 0 Å². The van der Waals surface area contributed by atoms with Crippen LogP contribution in [0.25, 0.3) is 43.0 Å². The number of rotatable bonds is 8. The van der Waals surface area contributed by atoms with Gasteiger partial charge in [-0.1, -0.05) is 24.3 Å². The molecule has 0 radical (unpaired) electrons. The number of nitrogens with zero attached hydrogens (tertiary/aromatic N) is 8. The Morgan fingerprint density at radius 2 is 0.984 bits per heavy atom. The Morgan fingerprint density at radius 1 is 0.594 bits per heavy atom. The van der Waals surface area contributed by atoms with Crippen LogP contribution in [-0.4, -0.2) is 28.7 Å². The highest BCUT2D eigenvalue weighted by Gasteiger charge is 2.24. The molecule has 0 amide bonds. The van der Waals surface area contributed by atoms with Gasteiger partial charge in [-0.05, 0) is 111 Å². The first-order valence-electron chi connectivity index (χ1n) is 19.3. The van der Waals surface area contributed by atoms with Crippen LogP contribution in [-0.2, 0) is 0 Å². The van der Waals surface area contributed by atoms with E-state index < -0.39 is 46.5 Å². The maximum absolute atomic E-state index is 14.2. The van der Waals surface area contributed by atoms with Crippen LogP contribution in [0, 0.1) is 50.3 Å². The highest BCUT2D eigenvalue weighted by molar-refractivity contribution is 5.79. The van der Waals surface area contributed by atoms with Crippen LogP contribution < -0.4 is 33.2 Å². The van der Waals surface area contributed by atoms with Crippen LogP contribution in [0.3, 0.4) is 0 Å². The van der Waals surface area contributed by atoms with Gasteiger partial charge in [0.05, 0.1) is 35.7 Å². The lowest BCUT2D eigenvalue weighted by Gasteiger charge is -2.21. The fourth-order valence-corrected chi connectivity index (χ4v) is 7.34. The molecule has 6 heterocycles. The molecule has 0 saturated carbocycles. The fourth-order valence-electron chi connectivity index (χ4n) is 7.34. The average Bonchev–Trinajstić information content (AvgIpc) is 3.26. The third-order valence-corrected chi connectivity index (χ3v) is 10.5. The van der Waals surface area contributed by atoms with Crippen LogP contribution in [0.5, 0.6) is 0 Å². The Hall–Kier alpha value is -8.64. The number of nitrogens with two attached hydrogens (primary N) is 2. The maximum atomic E-state index is 14.2. The second kappa shape index (κ2) is 17.8. The molecule has 64 heavy (non-hydrogen) atoms. The molecule has 8 aromatic rings. The summed E-state index contributed by atoms with van der Waals surface area (Å²) in [7, 11) is 0. The van der Waals surface area contributed by atoms with Crippen molar-refractivity contribution in [3.63, 3.8) is 0 Å². The average molecular weight is 865 g/mol. The summed E-state index contributed by atoms with van der Waals surface area (Å²) in [6.07, 6.45) is 2.46. The Labute approximate surface area is 362 Å². The summed E-state index contributed by atoms with van der Waals surface area (Å²) in [6.45, 7) is 21.3. The molecule has 0 fully saturated rings. The van der Waals surface area contributed by atoms with E-state index in [1.807, 2.05) is 0 Å². The summed E-state index contributed by atoms with van der Waals surface area (Å²) in [5, 5.41) is 6.20. The minimum absolute atomic E-state index is 0.0275. The highest BCUT2D eigenvalue weighted by Crippen LogP contribution is 2.36. The number of nitrogen functional groups attached to an aromatic ring is 2. The molecule has 320 valence electrons. The van der Waals surface area contributed by atoms with Crippen molar-refractivity contribution in [2.45, 2.75) is 39.8 Å². The third-order valence-electron chi connectivity index (χ3n) is 10.5. The van der Waals surface area contributed by atoms with Crippen molar-refractivity contribution >= 4 is 45.7 Å². The number of aryl methyl sites for hydroxylation is 2. The number of hydrogen-bond acceptors (Lipinski definition) is 10. The van der Waals surface area contributed by atoms with Crippen molar-refractivity contribution in [3.05, 3.63) is 187 Å². The van der Waals surface area contributed by atoms with E-state index in [1.54, 1.807) is 38.1 Å². The first-order chi connectivity index (χ1) is 30.6. The standard InChI is InChI=1S/2C23H18F2N6O/c2*1-12(30-22-20(27-3)21(26)28-11-29-22)17-10-16-7-8-18(25)13(2)31(16)23(32)19(17)14-5-4-6-15(24)9-14/h2*4-12H,1-2H3,(H3,26,28,29,30)/t2*12-/m10/s1. The molecule has 0 bridgehead atoms. The van der Waals surface area contributed by atoms with Gasteiger partial charge in [0, 0.05) is 23.1 Å². The smallest absolute Gasteiger partial charge is 0.268 e. The number of pyridine rings is 4. The first kappa shape index (κ1) is 43.4. The van der Waals surface area contributed by atoms with Crippen LogP contribution in [0.1, 0.15) is 48.4 Å². The van der Waals surface area contributed by atoms with E-state index in [0.29, 0.717) is 33.3 Å². The zero-order valence-corrected chi connectivity index (χ0v) is 34.5. The molecule has 14 nitrogen and oxygen atoms in total. The fraction of sp³-hybridized carbons (Fsp3) is 0.130. The third kappa shape index (κ3) is 8.23. The van der Waals surface area contributed by atoms with Crippen molar-refractivity contribution in [1.29, 1.82) is 0 Å². The molecule has 2 aromatic carbocycles. The molecule has 0 aliphatic rings. The zero-order valence-electron chi connectivity index (χ0n) is 34.5. The molecule has 18 heteroatoms. The predicted molar refractivity (Wildman–Crippen MR) is 237 cm³/mol. The van der Waals surface area contributed by atoms with Gasteiger partial charge in [-0.15, -0.1) is 0 Å². The molecule has 2 atom stereocenters. The Bertz CT molecular complexity index is 3140. The second-order valence-corrected chi connectivity index (χ2v) is 14.5. The monoisotopic (exact) mass is 864 g/mol. The number of aromatic nitrogens is 6. The van der Waals surface area contributed by atoms with Gasteiger partial charge in [-0.3, -0.25) is 18.4 Å². The van der Waals surface area contributed by atoms with E-state index >= 15 is 0 Å². The summed E-state index contributed by atoms with van der Waals surface area (Å²) >= 11 is 0. The van der Waals surface area contributed by atoms with Crippen molar-refractivity contribution in [2.75, 3.05) is 22.1 Å². The van der Waals surface area contributed by atoms with E-state index in [9.17, 15) is 27.2 Å². The van der Waals surface area contributed by atoms with Gasteiger partial charge >= 0.3 is 0 Å². The Morgan fingerprint density at radius 3 is 1.34 bits per heavy atom. The molecule has 0 aliphatic heterocycles. The lowest BCUT2D eigenvalue weighted by molar-refractivity contribution is 0.604. The molecule has 0 saturated heterocycles. The summed E-state index contributed by atoms with van der Waals surface area (Å²) in [5.74, 6) is -1.59. The van der Waals surface area contributed by atoms with E-state index in [-0.39, 0.29) is 57.2 Å². The molecule has 0 spiro atoms. The molecular weight excluding hydrogens is 829 g/mol. The van der Waals surface area contributed by atoms with Crippen molar-refractivity contribution < 1.29 is 17.6 Å². The van der Waals surface area contributed by atoms with Gasteiger partial charge in [0.2, 0.25) is 0 Å². The summed E-state index contributed by atoms with van der Waals surface area (Å²) in [6, 6.07) is 19.3. The van der Waals surface area contributed by atoms with Gasteiger partial charge in [0.1, 0.15) is 59.2 Å². The number of halogens is 4. The minimum atomic E-state index is -0.536. The van der Waals surface area contributed by atoms with E-state index in [2.05, 4.69) is 40.3 Å². The normalized spacial score (nSPS) is 11.8. The van der Waals surface area contributed by atoms with Crippen molar-refractivity contribution in [3.8, 4) is 22.3 Å². The van der Waals surface area contributed by atoms with Gasteiger partial charge in [0.15, 0.2) is 0 Å². The summed E-state index contributed by atoms with van der Waals surface area (Å²) in [4.78, 5) is 49.6. The van der Waals surface area contributed by atoms with Crippen molar-refractivity contribution in [1.82, 2.24) is 28.7 Å². The van der Waals surface area contributed by atoms with Crippen molar-refractivity contribution in [2.24, 2.45) is 0 Å². The SMILES string of the molecule is [C-]#[N+]c1c(N)ncnc1N[C@@H](C)c1cc2ccc(F)c(C)n2c(=O)c1-c1cccc(F)c1.[C-]#[N+]c1c(N)ncnc1N[C@H](C)c1cc2ccc(F)c(C)n2c(=O)c1-c1cccc(F)c1. The first-order valence-corrected chi connectivity index (χ1v) is 19.3. The topological polar surface area (TPSA) is 179 Å². The maximum Gasteiger partial charge on any atom is 0.268 e. The minimum Gasteiger partial charge on any atom is -0.392 e. The number of hydrogen-bond donors (Lipinski definition) is 4. The van der Waals surface area contributed by atoms with Crippen LogP contribution >= 0.6 is 0 Å². The molecule has 8 rings (SSSR count). The van der Waals surface area contributed by atoms with Crippen LogP contribution in [0.4, 0.5) is 52.2 Å². The number of fused-ring (bicyclic) bond motifs is 2. The van der Waals surface area contributed by atoms with Gasteiger partial charge in [0.25, 0.3) is 22.5 Å². The van der Waals surface area contributed by atoms with Crippen LogP contribution in [0.2, 0.25) is 0 Å². The largest absolute Gasteiger partial charge is 0.392 e. The summed E-state index contributed by atoms with van der Waals surface area (Å²) in [5.41, 5.74) is 14.1. The molecular formula is C46H36F4N12O2. The van der Waals surface area contributed by atoms with E-state index in [1.165, 1.54) is 96.0 Å². The molecule has 6 aromatic heterocycles. The van der Waals surface area contributed by atoms with Crippen LogP contribution in [0.15, 0.2) is 107 Å². The molecule has 0 unspecified atom stereocenters. The lowest BCUT2D eigenvalue weighted by atomic mass is 9.96. The molecule has 0 aliphatic carbocycles. The highest BCUT2D eigenvalue weighted by atomic mass is 19.1.